The fourth-order valence-electron chi connectivity index (χ4n) is 1.50. The van der Waals surface area contributed by atoms with E-state index in [2.05, 4.69) is 0 Å². The molecule has 0 radical (unpaired) electrons. The van der Waals surface area contributed by atoms with Crippen LogP contribution >= 0.6 is 11.8 Å². The van der Waals surface area contributed by atoms with Crippen molar-refractivity contribution in [2.75, 3.05) is 25.1 Å². The van der Waals surface area contributed by atoms with Crippen LogP contribution in [-0.4, -0.2) is 47.0 Å². The maximum atomic E-state index is 11.5. The van der Waals surface area contributed by atoms with Crippen LogP contribution in [0.4, 0.5) is 0 Å². The molecule has 0 unspecified atom stereocenters. The summed E-state index contributed by atoms with van der Waals surface area (Å²) in [5, 5.41) is 8.41. The van der Waals surface area contributed by atoms with Crippen molar-refractivity contribution < 1.29 is 14.7 Å². The number of aliphatic carboxylic acids is 1. The van der Waals surface area contributed by atoms with Crippen LogP contribution < -0.4 is 0 Å². The lowest BCUT2D eigenvalue weighted by molar-refractivity contribution is -0.133. The van der Waals surface area contributed by atoms with Gasteiger partial charge in [0.1, 0.15) is 0 Å². The van der Waals surface area contributed by atoms with Crippen LogP contribution in [0.5, 0.6) is 0 Å². The molecule has 0 spiro atoms. The van der Waals surface area contributed by atoms with Crippen LogP contribution in [0.15, 0.2) is 0 Å². The van der Waals surface area contributed by atoms with E-state index in [1.165, 1.54) is 19.3 Å². The standard InChI is InChI=1S/C10H17NO3S/c1-11(5-8-3-2-4-8)9(12)6-15-7-10(13)14/h8H,2-7H2,1H3,(H,13,14). The van der Waals surface area contributed by atoms with Gasteiger partial charge in [0, 0.05) is 13.6 Å². The van der Waals surface area contributed by atoms with Gasteiger partial charge in [-0.05, 0) is 18.8 Å². The zero-order valence-electron chi connectivity index (χ0n) is 8.94. The Morgan fingerprint density at radius 2 is 2.07 bits per heavy atom. The van der Waals surface area contributed by atoms with Gasteiger partial charge in [0.25, 0.3) is 0 Å². The van der Waals surface area contributed by atoms with E-state index in [0.29, 0.717) is 5.92 Å². The normalized spacial score (nSPS) is 15.8. The number of carbonyl (C=O) groups is 2. The summed E-state index contributed by atoms with van der Waals surface area (Å²) in [7, 11) is 1.79. The Labute approximate surface area is 94.0 Å². The van der Waals surface area contributed by atoms with E-state index >= 15 is 0 Å². The first kappa shape index (κ1) is 12.4. The first-order valence-corrected chi connectivity index (χ1v) is 6.28. The molecule has 1 aliphatic carbocycles. The van der Waals surface area contributed by atoms with Crippen LogP contribution in [0.2, 0.25) is 0 Å². The maximum Gasteiger partial charge on any atom is 0.313 e. The number of thioether (sulfide) groups is 1. The smallest absolute Gasteiger partial charge is 0.313 e. The van der Waals surface area contributed by atoms with Crippen LogP contribution in [0.1, 0.15) is 19.3 Å². The topological polar surface area (TPSA) is 57.6 Å². The number of carbonyl (C=O) groups excluding carboxylic acids is 1. The van der Waals surface area contributed by atoms with Crippen molar-refractivity contribution in [3.8, 4) is 0 Å². The van der Waals surface area contributed by atoms with Crippen LogP contribution in [0.25, 0.3) is 0 Å². The third kappa shape index (κ3) is 4.55. The predicted molar refractivity (Wildman–Crippen MR) is 59.9 cm³/mol. The van der Waals surface area contributed by atoms with Crippen LogP contribution in [0, 0.1) is 5.92 Å². The summed E-state index contributed by atoms with van der Waals surface area (Å²) in [4.78, 5) is 23.5. The lowest BCUT2D eigenvalue weighted by Gasteiger charge is -2.30. The summed E-state index contributed by atoms with van der Waals surface area (Å²) in [6.07, 6.45) is 3.72. The van der Waals surface area contributed by atoms with Crippen molar-refractivity contribution >= 4 is 23.6 Å². The monoisotopic (exact) mass is 231 g/mol. The molecule has 86 valence electrons. The summed E-state index contributed by atoms with van der Waals surface area (Å²) < 4.78 is 0. The zero-order valence-corrected chi connectivity index (χ0v) is 9.76. The highest BCUT2D eigenvalue weighted by Crippen LogP contribution is 2.26. The molecular formula is C10H17NO3S. The van der Waals surface area contributed by atoms with Gasteiger partial charge in [-0.1, -0.05) is 6.42 Å². The van der Waals surface area contributed by atoms with Crippen molar-refractivity contribution in [2.24, 2.45) is 5.92 Å². The zero-order chi connectivity index (χ0) is 11.3. The molecule has 0 aromatic rings. The van der Waals surface area contributed by atoms with E-state index in [4.69, 9.17) is 5.11 Å². The Bertz CT molecular complexity index is 241. The fraction of sp³-hybridized carbons (Fsp3) is 0.800. The second-order valence-corrected chi connectivity index (χ2v) is 4.94. The molecular weight excluding hydrogens is 214 g/mol. The van der Waals surface area contributed by atoms with Crippen LogP contribution in [0.3, 0.4) is 0 Å². The SMILES string of the molecule is CN(CC1CCC1)C(=O)CSCC(=O)O. The number of amides is 1. The highest BCUT2D eigenvalue weighted by Gasteiger charge is 2.21. The average Bonchev–Trinajstić information content (AvgIpc) is 2.10. The minimum Gasteiger partial charge on any atom is -0.481 e. The third-order valence-electron chi connectivity index (χ3n) is 2.63. The molecule has 0 aliphatic heterocycles. The Morgan fingerprint density at radius 1 is 1.40 bits per heavy atom. The average molecular weight is 231 g/mol. The van der Waals surface area contributed by atoms with Gasteiger partial charge in [0.05, 0.1) is 11.5 Å². The van der Waals surface area contributed by atoms with Gasteiger partial charge in [0.2, 0.25) is 5.91 Å². The molecule has 0 heterocycles. The molecule has 0 aromatic heterocycles. The molecule has 0 saturated heterocycles. The molecule has 0 atom stereocenters. The Balaban J connectivity index is 2.11. The van der Waals surface area contributed by atoms with Crippen LogP contribution in [-0.2, 0) is 9.59 Å². The van der Waals surface area contributed by atoms with Gasteiger partial charge in [-0.15, -0.1) is 11.8 Å². The van der Waals surface area contributed by atoms with Gasteiger partial charge in [-0.25, -0.2) is 0 Å². The summed E-state index contributed by atoms with van der Waals surface area (Å²) in [6, 6.07) is 0. The summed E-state index contributed by atoms with van der Waals surface area (Å²) in [6.45, 7) is 0.826. The molecule has 5 heteroatoms. The maximum absolute atomic E-state index is 11.5. The highest BCUT2D eigenvalue weighted by atomic mass is 32.2. The highest BCUT2D eigenvalue weighted by molar-refractivity contribution is 8.00. The van der Waals surface area contributed by atoms with Crippen molar-refractivity contribution in [3.63, 3.8) is 0 Å². The quantitative estimate of drug-likeness (QED) is 0.742. The molecule has 1 amide bonds. The summed E-state index contributed by atoms with van der Waals surface area (Å²) >= 11 is 1.16. The number of hydrogen-bond acceptors (Lipinski definition) is 3. The molecule has 1 saturated carbocycles. The van der Waals surface area contributed by atoms with Crippen molar-refractivity contribution in [3.05, 3.63) is 0 Å². The van der Waals surface area contributed by atoms with E-state index in [0.717, 1.165) is 18.3 Å². The lowest BCUT2D eigenvalue weighted by Crippen LogP contribution is -2.35. The van der Waals surface area contributed by atoms with Crippen molar-refractivity contribution in [1.82, 2.24) is 4.90 Å². The Hall–Kier alpha value is -0.710. The van der Waals surface area contributed by atoms with E-state index in [1.807, 2.05) is 0 Å². The number of carboxylic acid groups (broad SMARTS) is 1. The first-order valence-electron chi connectivity index (χ1n) is 5.13. The second kappa shape index (κ2) is 6.00. The second-order valence-electron chi connectivity index (χ2n) is 3.96. The van der Waals surface area contributed by atoms with E-state index in [1.54, 1.807) is 11.9 Å². The van der Waals surface area contributed by atoms with Gasteiger partial charge < -0.3 is 10.0 Å². The van der Waals surface area contributed by atoms with E-state index in [9.17, 15) is 9.59 Å². The van der Waals surface area contributed by atoms with Gasteiger partial charge >= 0.3 is 5.97 Å². The minimum atomic E-state index is -0.866. The molecule has 1 rings (SSSR count). The number of hydrogen-bond donors (Lipinski definition) is 1. The fourth-order valence-corrected chi connectivity index (χ4v) is 2.17. The first-order chi connectivity index (χ1) is 7.09. The third-order valence-corrected chi connectivity index (χ3v) is 3.54. The summed E-state index contributed by atoms with van der Waals surface area (Å²) in [5.74, 6) is 0.115. The number of nitrogens with zero attached hydrogens (tertiary/aromatic N) is 1. The predicted octanol–water partition coefficient (Wildman–Crippen LogP) is 1.06. The molecule has 0 aromatic carbocycles. The molecule has 4 nitrogen and oxygen atoms in total. The molecule has 15 heavy (non-hydrogen) atoms. The molecule has 1 N–H and O–H groups in total. The summed E-state index contributed by atoms with van der Waals surface area (Å²) in [5.41, 5.74) is 0. The minimum absolute atomic E-state index is 0.00298. The molecule has 1 fully saturated rings. The largest absolute Gasteiger partial charge is 0.481 e. The van der Waals surface area contributed by atoms with Crippen molar-refractivity contribution in [1.29, 1.82) is 0 Å². The molecule has 0 bridgehead atoms. The Kier molecular flexibility index (Phi) is 4.94. The van der Waals surface area contributed by atoms with Gasteiger partial charge in [0.15, 0.2) is 0 Å². The van der Waals surface area contributed by atoms with E-state index < -0.39 is 5.97 Å². The van der Waals surface area contributed by atoms with Crippen molar-refractivity contribution in [2.45, 2.75) is 19.3 Å². The van der Waals surface area contributed by atoms with E-state index in [-0.39, 0.29) is 17.4 Å². The Morgan fingerprint density at radius 3 is 2.53 bits per heavy atom. The van der Waals surface area contributed by atoms with Gasteiger partial charge in [-0.2, -0.15) is 0 Å². The lowest BCUT2D eigenvalue weighted by atomic mass is 9.85. The van der Waals surface area contributed by atoms with Gasteiger partial charge in [-0.3, -0.25) is 9.59 Å². The molecule has 1 aliphatic rings. The number of rotatable bonds is 6. The number of carboxylic acids is 1.